The molecule has 3 aliphatic carbocycles. The lowest BCUT2D eigenvalue weighted by Crippen LogP contribution is -2.37. The first-order chi connectivity index (χ1) is 31.7. The summed E-state index contributed by atoms with van der Waals surface area (Å²) in [5.41, 5.74) is 22.5. The van der Waals surface area contributed by atoms with Crippen molar-refractivity contribution in [2.24, 2.45) is 5.92 Å². The summed E-state index contributed by atoms with van der Waals surface area (Å²) >= 11 is 0. The molecule has 0 bridgehead atoms. The van der Waals surface area contributed by atoms with Gasteiger partial charge in [0.2, 0.25) is 0 Å². The molecule has 0 fully saturated rings. The molecule has 3 atom stereocenters. The number of hydrogen-bond donors (Lipinski definition) is 0. The second-order valence-corrected chi connectivity index (χ2v) is 18.0. The molecule has 0 amide bonds. The molecule has 0 saturated heterocycles. The molecule has 0 saturated carbocycles. The van der Waals surface area contributed by atoms with E-state index < -0.39 is 5.41 Å². The fraction of sp³-hybridized carbons (Fsp3) is 0.0968. The molecule has 4 aliphatic rings. The first kappa shape index (κ1) is 36.9. The quantitative estimate of drug-likeness (QED) is 0.154. The minimum absolute atomic E-state index is 0.362. The summed E-state index contributed by atoms with van der Waals surface area (Å²) in [5, 5.41) is 0. The van der Waals surface area contributed by atoms with E-state index in [0.29, 0.717) is 17.9 Å². The zero-order chi connectivity index (χ0) is 42.4. The molecule has 1 aliphatic heterocycles. The normalized spacial score (nSPS) is 17.9. The van der Waals surface area contributed by atoms with Crippen LogP contribution in [0, 0.1) is 5.92 Å². The zero-order valence-corrected chi connectivity index (χ0v) is 35.8. The highest BCUT2D eigenvalue weighted by Crippen LogP contribution is 2.63. The topological polar surface area (TPSA) is 6.48 Å². The fourth-order valence-corrected chi connectivity index (χ4v) is 11.9. The van der Waals surface area contributed by atoms with Crippen LogP contribution in [-0.2, 0) is 5.41 Å². The summed E-state index contributed by atoms with van der Waals surface area (Å²) in [6, 6.07) is 81.9. The maximum absolute atomic E-state index is 2.60. The van der Waals surface area contributed by atoms with Crippen molar-refractivity contribution in [2.75, 3.05) is 9.80 Å². The third-order valence-electron chi connectivity index (χ3n) is 14.7. The van der Waals surface area contributed by atoms with Crippen LogP contribution in [0.3, 0.4) is 0 Å². The maximum Gasteiger partial charge on any atom is 0.0726 e. The van der Waals surface area contributed by atoms with Gasteiger partial charge in [-0.2, -0.15) is 0 Å². The van der Waals surface area contributed by atoms with E-state index in [2.05, 4.69) is 247 Å². The number of rotatable bonds is 6. The molecule has 304 valence electrons. The maximum atomic E-state index is 2.60. The lowest BCUT2D eigenvalue weighted by Gasteiger charge is -2.36. The van der Waals surface area contributed by atoms with E-state index in [1.165, 1.54) is 83.7 Å². The van der Waals surface area contributed by atoms with Crippen molar-refractivity contribution >= 4 is 28.4 Å². The van der Waals surface area contributed by atoms with Crippen LogP contribution >= 0.6 is 0 Å². The van der Waals surface area contributed by atoms with E-state index in [0.717, 1.165) is 23.5 Å². The van der Waals surface area contributed by atoms with Gasteiger partial charge in [-0.15, -0.1) is 0 Å². The molecular weight excluding hydrogens is 773 g/mol. The van der Waals surface area contributed by atoms with Gasteiger partial charge in [-0.1, -0.05) is 177 Å². The van der Waals surface area contributed by atoms with E-state index in [1.807, 2.05) is 0 Å². The Kier molecular flexibility index (Phi) is 8.33. The van der Waals surface area contributed by atoms with Gasteiger partial charge in [0.15, 0.2) is 0 Å². The van der Waals surface area contributed by atoms with Gasteiger partial charge in [0.25, 0.3) is 0 Å². The monoisotopic (exact) mass is 818 g/mol. The molecule has 2 nitrogen and oxygen atoms in total. The molecule has 3 unspecified atom stereocenters. The largest absolute Gasteiger partial charge is 0.337 e. The Morgan fingerprint density at radius 1 is 0.438 bits per heavy atom. The number of allylic oxidation sites excluding steroid dienone is 1. The van der Waals surface area contributed by atoms with E-state index in [9.17, 15) is 0 Å². The highest BCUT2D eigenvalue weighted by molar-refractivity contribution is 5.96. The highest BCUT2D eigenvalue weighted by Gasteiger charge is 2.51. The van der Waals surface area contributed by atoms with Gasteiger partial charge < -0.3 is 9.80 Å². The van der Waals surface area contributed by atoms with Gasteiger partial charge >= 0.3 is 0 Å². The first-order valence-electron chi connectivity index (χ1n) is 22.8. The summed E-state index contributed by atoms with van der Waals surface area (Å²) in [6.45, 7) is 2.41. The predicted molar refractivity (Wildman–Crippen MR) is 266 cm³/mol. The molecule has 13 rings (SSSR count). The lowest BCUT2D eigenvalue weighted by atomic mass is 9.70. The molecular formula is C62H46N2. The molecule has 0 N–H and O–H groups in total. The van der Waals surface area contributed by atoms with Crippen LogP contribution in [0.2, 0.25) is 0 Å². The zero-order valence-electron chi connectivity index (χ0n) is 35.8. The van der Waals surface area contributed by atoms with Gasteiger partial charge in [-0.25, -0.2) is 0 Å². The summed E-state index contributed by atoms with van der Waals surface area (Å²) in [4.78, 5) is 5.05. The summed E-state index contributed by atoms with van der Waals surface area (Å²) in [7, 11) is 0. The van der Waals surface area contributed by atoms with Crippen molar-refractivity contribution in [3.05, 3.63) is 258 Å². The standard InChI is InChI=1S/C62H46N2/c1-41-15-14-23-54-55-39-45(31-38-60(55)64(61(41)54)46-18-6-3-7-19-46)44-29-34-48(35-30-44)63(47-32-27-43(28-33-47)42-16-4-2-5-17-42)49-36-37-53-52-22-10-13-26-58(52)62(59(53)40-49)56-24-11-8-20-50(56)51-21-9-12-25-57(51)62/h2-14,16-41,54,61H,15H2,1H3. The van der Waals surface area contributed by atoms with E-state index >= 15 is 0 Å². The Bertz CT molecular complexity index is 3210. The SMILES string of the molecule is CC1CC=CC2c3cc(-c4ccc(N(c5ccc(-c6ccccc6)cc5)c5ccc6c(c5)C5(c7ccccc7-c7ccccc75)c5ccccc5-6)cc4)ccc3N(c3ccccc3)C12. The summed E-state index contributed by atoms with van der Waals surface area (Å²) < 4.78 is 0. The Morgan fingerprint density at radius 3 is 1.53 bits per heavy atom. The van der Waals surface area contributed by atoms with Crippen molar-refractivity contribution < 1.29 is 0 Å². The van der Waals surface area contributed by atoms with Crippen LogP contribution in [0.4, 0.5) is 28.4 Å². The van der Waals surface area contributed by atoms with Crippen LogP contribution in [0.25, 0.3) is 44.5 Å². The molecule has 2 heteroatoms. The van der Waals surface area contributed by atoms with Crippen LogP contribution in [-0.4, -0.2) is 6.04 Å². The van der Waals surface area contributed by atoms with E-state index in [1.54, 1.807) is 0 Å². The molecule has 0 radical (unpaired) electrons. The number of benzene rings is 9. The first-order valence-corrected chi connectivity index (χ1v) is 22.8. The highest BCUT2D eigenvalue weighted by atomic mass is 15.2. The van der Waals surface area contributed by atoms with Crippen LogP contribution < -0.4 is 9.80 Å². The summed E-state index contributed by atoms with van der Waals surface area (Å²) in [6.07, 6.45) is 5.97. The minimum Gasteiger partial charge on any atom is -0.337 e. The average molecular weight is 819 g/mol. The molecule has 9 aromatic rings. The third kappa shape index (κ3) is 5.39. The number of fused-ring (bicyclic) bond motifs is 13. The van der Waals surface area contributed by atoms with E-state index in [4.69, 9.17) is 0 Å². The Hall–Kier alpha value is -7.68. The Balaban J connectivity index is 0.945. The van der Waals surface area contributed by atoms with Crippen molar-refractivity contribution in [1.29, 1.82) is 0 Å². The molecule has 64 heavy (non-hydrogen) atoms. The molecule has 1 spiro atoms. The van der Waals surface area contributed by atoms with Gasteiger partial charge in [-0.05, 0) is 145 Å². The van der Waals surface area contributed by atoms with Crippen molar-refractivity contribution in [2.45, 2.75) is 30.7 Å². The number of hydrogen-bond acceptors (Lipinski definition) is 2. The van der Waals surface area contributed by atoms with Crippen LogP contribution in [0.15, 0.2) is 231 Å². The fourth-order valence-electron chi connectivity index (χ4n) is 11.9. The molecule has 0 aromatic heterocycles. The van der Waals surface area contributed by atoms with Gasteiger partial charge in [0, 0.05) is 40.4 Å². The van der Waals surface area contributed by atoms with Gasteiger partial charge in [0.1, 0.15) is 0 Å². The van der Waals surface area contributed by atoms with Crippen molar-refractivity contribution in [1.82, 2.24) is 0 Å². The van der Waals surface area contributed by atoms with E-state index in [-0.39, 0.29) is 0 Å². The molecule has 9 aromatic carbocycles. The number of nitrogens with zero attached hydrogens (tertiary/aromatic N) is 2. The molecule has 1 heterocycles. The van der Waals surface area contributed by atoms with Gasteiger partial charge in [0.05, 0.1) is 5.41 Å². The lowest BCUT2D eigenvalue weighted by molar-refractivity contribution is 0.424. The smallest absolute Gasteiger partial charge is 0.0726 e. The third-order valence-corrected chi connectivity index (χ3v) is 14.7. The number of anilines is 5. The second-order valence-electron chi connectivity index (χ2n) is 18.0. The Labute approximate surface area is 376 Å². The minimum atomic E-state index is -0.421. The van der Waals surface area contributed by atoms with Crippen LogP contribution in [0.1, 0.15) is 47.1 Å². The van der Waals surface area contributed by atoms with Gasteiger partial charge in [-0.3, -0.25) is 0 Å². The Morgan fingerprint density at radius 2 is 0.922 bits per heavy atom. The van der Waals surface area contributed by atoms with Crippen molar-refractivity contribution in [3.63, 3.8) is 0 Å². The average Bonchev–Trinajstić information content (AvgIpc) is 3.97. The number of para-hydroxylation sites is 1. The predicted octanol–water partition coefficient (Wildman–Crippen LogP) is 16.0. The summed E-state index contributed by atoms with van der Waals surface area (Å²) in [5.74, 6) is 0.917. The second kappa shape index (κ2) is 14.4. The van der Waals surface area contributed by atoms with Crippen molar-refractivity contribution in [3.8, 4) is 44.5 Å². The van der Waals surface area contributed by atoms with Crippen LogP contribution in [0.5, 0.6) is 0 Å².